The van der Waals surface area contributed by atoms with E-state index in [-0.39, 0.29) is 24.1 Å². The van der Waals surface area contributed by atoms with Crippen LogP contribution in [0, 0.1) is 20.8 Å². The zero-order valence-electron chi connectivity index (χ0n) is 17.7. The molecule has 0 fully saturated rings. The first-order chi connectivity index (χ1) is 14.9. The van der Waals surface area contributed by atoms with Crippen LogP contribution >= 0.6 is 11.6 Å². The normalized spacial score (nSPS) is 13.9. The maximum Gasteiger partial charge on any atom is 0.278 e. The Bertz CT molecular complexity index is 1220. The van der Waals surface area contributed by atoms with Crippen molar-refractivity contribution in [3.05, 3.63) is 105 Å². The highest BCUT2D eigenvalue weighted by Gasteiger charge is 2.39. The predicted molar refractivity (Wildman–Crippen MR) is 125 cm³/mol. The van der Waals surface area contributed by atoms with Gasteiger partial charge in [-0.2, -0.15) is 0 Å². The molecule has 1 N–H and O–H groups in total. The van der Waals surface area contributed by atoms with E-state index in [1.54, 1.807) is 6.07 Å². The van der Waals surface area contributed by atoms with E-state index >= 15 is 0 Å². The summed E-state index contributed by atoms with van der Waals surface area (Å²) in [7, 11) is 0. The lowest BCUT2D eigenvalue weighted by Crippen LogP contribution is -2.32. The first-order valence-corrected chi connectivity index (χ1v) is 10.5. The summed E-state index contributed by atoms with van der Waals surface area (Å²) >= 11 is 6.27. The molecule has 0 bridgehead atoms. The highest BCUT2D eigenvalue weighted by atomic mass is 35.5. The number of benzene rings is 3. The van der Waals surface area contributed by atoms with E-state index in [1.165, 1.54) is 4.90 Å². The van der Waals surface area contributed by atoms with Gasteiger partial charge in [0.15, 0.2) is 0 Å². The predicted octanol–water partition coefficient (Wildman–Crippen LogP) is 5.66. The van der Waals surface area contributed by atoms with Crippen LogP contribution in [0.1, 0.15) is 27.8 Å². The number of halogens is 1. The van der Waals surface area contributed by atoms with Gasteiger partial charge in [-0.15, -0.1) is 0 Å². The Morgan fingerprint density at radius 2 is 1.58 bits per heavy atom. The van der Waals surface area contributed by atoms with Crippen molar-refractivity contribution in [2.45, 2.75) is 27.3 Å². The summed E-state index contributed by atoms with van der Waals surface area (Å²) in [6.07, 6.45) is 0. The summed E-state index contributed by atoms with van der Waals surface area (Å²) in [5, 5.41) is 3.81. The molecule has 31 heavy (non-hydrogen) atoms. The van der Waals surface area contributed by atoms with Crippen LogP contribution in [-0.4, -0.2) is 16.7 Å². The first-order valence-electron chi connectivity index (χ1n) is 10.1. The second-order valence-electron chi connectivity index (χ2n) is 7.77. The molecule has 156 valence electrons. The van der Waals surface area contributed by atoms with Crippen LogP contribution in [-0.2, 0) is 16.1 Å². The number of amides is 2. The average molecular weight is 431 g/mol. The molecule has 4 nitrogen and oxygen atoms in total. The number of hydrogen-bond acceptors (Lipinski definition) is 3. The molecule has 0 spiro atoms. The number of anilines is 1. The third-order valence-electron chi connectivity index (χ3n) is 5.67. The highest BCUT2D eigenvalue weighted by Crippen LogP contribution is 2.34. The molecule has 4 rings (SSSR count). The lowest BCUT2D eigenvalue weighted by molar-refractivity contribution is -0.137. The smallest absolute Gasteiger partial charge is 0.278 e. The van der Waals surface area contributed by atoms with Crippen LogP contribution in [0.15, 0.2) is 72.4 Å². The summed E-state index contributed by atoms with van der Waals surface area (Å²) in [6.45, 7) is 6.11. The molecule has 3 aromatic carbocycles. The van der Waals surface area contributed by atoms with Crippen molar-refractivity contribution in [1.82, 2.24) is 4.90 Å². The van der Waals surface area contributed by atoms with E-state index in [2.05, 4.69) is 5.32 Å². The Hall–Kier alpha value is -3.37. The van der Waals surface area contributed by atoms with Gasteiger partial charge in [-0.1, -0.05) is 66.2 Å². The van der Waals surface area contributed by atoms with Gasteiger partial charge in [-0.3, -0.25) is 14.5 Å². The Balaban J connectivity index is 1.80. The largest absolute Gasteiger partial charge is 0.350 e. The minimum atomic E-state index is -0.346. The van der Waals surface area contributed by atoms with Crippen molar-refractivity contribution >= 4 is 34.7 Å². The minimum Gasteiger partial charge on any atom is -0.350 e. The Labute approximate surface area is 187 Å². The summed E-state index contributed by atoms with van der Waals surface area (Å²) in [5.41, 5.74) is 5.97. The molecule has 1 heterocycles. The molecule has 0 saturated carbocycles. The maximum absolute atomic E-state index is 13.5. The van der Waals surface area contributed by atoms with E-state index in [0.29, 0.717) is 16.3 Å². The highest BCUT2D eigenvalue weighted by molar-refractivity contribution is 6.36. The first kappa shape index (κ1) is 20.9. The minimum absolute atomic E-state index is 0.215. The van der Waals surface area contributed by atoms with Crippen LogP contribution in [0.4, 0.5) is 5.69 Å². The van der Waals surface area contributed by atoms with E-state index in [4.69, 9.17) is 11.6 Å². The van der Waals surface area contributed by atoms with Gasteiger partial charge in [0.2, 0.25) is 0 Å². The molecular weight excluding hydrogens is 408 g/mol. The van der Waals surface area contributed by atoms with Crippen molar-refractivity contribution in [1.29, 1.82) is 0 Å². The number of carbonyl (C=O) groups excluding carboxylic acids is 2. The van der Waals surface area contributed by atoms with E-state index < -0.39 is 0 Å². The lowest BCUT2D eigenvalue weighted by atomic mass is 9.99. The fraction of sp³-hybridized carbons (Fsp3) is 0.154. The Morgan fingerprint density at radius 3 is 2.29 bits per heavy atom. The van der Waals surface area contributed by atoms with Gasteiger partial charge in [-0.05, 0) is 60.7 Å². The Morgan fingerprint density at radius 1 is 0.839 bits per heavy atom. The summed E-state index contributed by atoms with van der Waals surface area (Å²) in [4.78, 5) is 28.2. The number of rotatable bonds is 5. The molecule has 5 heteroatoms. The van der Waals surface area contributed by atoms with E-state index in [0.717, 1.165) is 27.8 Å². The zero-order valence-corrected chi connectivity index (χ0v) is 18.5. The van der Waals surface area contributed by atoms with Gasteiger partial charge >= 0.3 is 0 Å². The van der Waals surface area contributed by atoms with Crippen LogP contribution in [0.3, 0.4) is 0 Å². The molecule has 0 radical (unpaired) electrons. The van der Waals surface area contributed by atoms with E-state index in [9.17, 15) is 9.59 Å². The van der Waals surface area contributed by atoms with E-state index in [1.807, 2.05) is 81.4 Å². The number of imide groups is 1. The number of nitrogens with zero attached hydrogens (tertiary/aromatic N) is 1. The van der Waals surface area contributed by atoms with Crippen molar-refractivity contribution in [2.75, 3.05) is 5.32 Å². The summed E-state index contributed by atoms with van der Waals surface area (Å²) in [5.74, 6) is -0.652. The van der Waals surface area contributed by atoms with Gasteiger partial charge < -0.3 is 5.32 Å². The Kier molecular flexibility index (Phi) is 5.66. The van der Waals surface area contributed by atoms with Crippen LogP contribution in [0.5, 0.6) is 0 Å². The van der Waals surface area contributed by atoms with Crippen LogP contribution < -0.4 is 5.32 Å². The second kappa shape index (κ2) is 8.40. The second-order valence-corrected chi connectivity index (χ2v) is 8.18. The third-order valence-corrected chi connectivity index (χ3v) is 6.08. The van der Waals surface area contributed by atoms with Crippen LogP contribution in [0.25, 0.3) is 5.57 Å². The molecule has 0 unspecified atom stereocenters. The molecule has 0 aliphatic carbocycles. The molecule has 3 aromatic rings. The van der Waals surface area contributed by atoms with Gasteiger partial charge in [0.05, 0.1) is 12.1 Å². The lowest BCUT2D eigenvalue weighted by Gasteiger charge is -2.16. The quantitative estimate of drug-likeness (QED) is 0.531. The standard InChI is InChI=1S/C26H23ClN2O2/c1-16-12-13-20(14-17(16)2)23-24(28-22-11-7-10-21(27)18(22)3)26(31)29(25(23)30)15-19-8-5-4-6-9-19/h4-14,28H,15H2,1-3H3. The summed E-state index contributed by atoms with van der Waals surface area (Å²) < 4.78 is 0. The molecule has 2 amide bonds. The van der Waals surface area contributed by atoms with Crippen LogP contribution in [0.2, 0.25) is 5.02 Å². The van der Waals surface area contributed by atoms with Crippen molar-refractivity contribution in [3.63, 3.8) is 0 Å². The number of hydrogen-bond donors (Lipinski definition) is 1. The van der Waals surface area contributed by atoms with Gasteiger partial charge in [0.1, 0.15) is 5.70 Å². The molecule has 1 aliphatic heterocycles. The molecule has 0 saturated heterocycles. The maximum atomic E-state index is 13.5. The SMILES string of the molecule is Cc1ccc(C2=C(Nc3cccc(Cl)c3C)C(=O)N(Cc3ccccc3)C2=O)cc1C. The van der Waals surface area contributed by atoms with Gasteiger partial charge in [0, 0.05) is 10.7 Å². The van der Waals surface area contributed by atoms with Gasteiger partial charge in [-0.25, -0.2) is 0 Å². The summed E-state index contributed by atoms with van der Waals surface area (Å²) in [6, 6.07) is 20.8. The fourth-order valence-corrected chi connectivity index (χ4v) is 3.82. The fourth-order valence-electron chi connectivity index (χ4n) is 3.64. The molecular formula is C26H23ClN2O2. The molecule has 0 atom stereocenters. The number of nitrogens with one attached hydrogen (secondary N) is 1. The van der Waals surface area contributed by atoms with Gasteiger partial charge in [0.25, 0.3) is 11.8 Å². The topological polar surface area (TPSA) is 49.4 Å². The third kappa shape index (κ3) is 3.99. The van der Waals surface area contributed by atoms with Crippen molar-refractivity contribution < 1.29 is 9.59 Å². The zero-order chi connectivity index (χ0) is 22.1. The average Bonchev–Trinajstić information content (AvgIpc) is 2.98. The number of carbonyl (C=O) groups is 2. The number of aryl methyl sites for hydroxylation is 2. The van der Waals surface area contributed by atoms with Crippen molar-refractivity contribution in [3.8, 4) is 0 Å². The molecule has 1 aliphatic rings. The molecule has 0 aromatic heterocycles. The monoisotopic (exact) mass is 430 g/mol. The van der Waals surface area contributed by atoms with Crippen molar-refractivity contribution in [2.24, 2.45) is 0 Å².